The lowest BCUT2D eigenvalue weighted by atomic mass is 10.2. The Hall–Kier alpha value is -2.69. The van der Waals surface area contributed by atoms with Crippen LogP contribution in [0.2, 0.25) is 0 Å². The van der Waals surface area contributed by atoms with E-state index in [-0.39, 0.29) is 25.3 Å². The SMILES string of the molecule is CCN(CC)S(=O)(=O)c1cc(C(=O)Nc2ccc(OC)c(OCCOC)c2)ccc1F. The molecule has 0 atom stereocenters. The van der Waals surface area contributed by atoms with Gasteiger partial charge in [-0.15, -0.1) is 0 Å². The lowest BCUT2D eigenvalue weighted by Gasteiger charge is -2.19. The van der Waals surface area contributed by atoms with Crippen molar-refractivity contribution < 1.29 is 31.8 Å². The highest BCUT2D eigenvalue weighted by molar-refractivity contribution is 7.89. The van der Waals surface area contributed by atoms with Crippen molar-refractivity contribution in [1.29, 1.82) is 0 Å². The lowest BCUT2D eigenvalue weighted by molar-refractivity contribution is 0.102. The minimum Gasteiger partial charge on any atom is -0.493 e. The van der Waals surface area contributed by atoms with E-state index in [1.807, 2.05) is 0 Å². The highest BCUT2D eigenvalue weighted by Crippen LogP contribution is 2.30. The van der Waals surface area contributed by atoms with Crippen LogP contribution in [-0.2, 0) is 14.8 Å². The third-order valence-electron chi connectivity index (χ3n) is 4.48. The summed E-state index contributed by atoms with van der Waals surface area (Å²) in [6.07, 6.45) is 0. The molecule has 0 radical (unpaired) electrons. The van der Waals surface area contributed by atoms with Crippen LogP contribution in [0, 0.1) is 5.82 Å². The van der Waals surface area contributed by atoms with Crippen LogP contribution in [0.5, 0.6) is 11.5 Å². The molecule has 0 aliphatic rings. The summed E-state index contributed by atoms with van der Waals surface area (Å²) < 4.78 is 56.6. The Morgan fingerprint density at radius 2 is 1.74 bits per heavy atom. The summed E-state index contributed by atoms with van der Waals surface area (Å²) in [6, 6.07) is 8.04. The number of hydrogen-bond acceptors (Lipinski definition) is 6. The van der Waals surface area contributed by atoms with Crippen molar-refractivity contribution in [1.82, 2.24) is 4.31 Å². The van der Waals surface area contributed by atoms with Gasteiger partial charge in [-0.3, -0.25) is 4.79 Å². The molecule has 1 amide bonds. The number of carbonyl (C=O) groups is 1. The maximum atomic E-state index is 14.3. The molecule has 31 heavy (non-hydrogen) atoms. The molecule has 2 aromatic carbocycles. The van der Waals surface area contributed by atoms with Crippen LogP contribution in [0.4, 0.5) is 10.1 Å². The second-order valence-electron chi connectivity index (χ2n) is 6.40. The van der Waals surface area contributed by atoms with Crippen LogP contribution in [0.25, 0.3) is 0 Å². The van der Waals surface area contributed by atoms with Gasteiger partial charge < -0.3 is 19.5 Å². The van der Waals surface area contributed by atoms with E-state index < -0.39 is 26.6 Å². The van der Waals surface area contributed by atoms with Gasteiger partial charge in [-0.25, -0.2) is 12.8 Å². The zero-order chi connectivity index (χ0) is 23.0. The lowest BCUT2D eigenvalue weighted by Crippen LogP contribution is -2.31. The molecule has 2 rings (SSSR count). The van der Waals surface area contributed by atoms with E-state index in [1.165, 1.54) is 13.2 Å². The molecule has 0 saturated carbocycles. The first-order chi connectivity index (χ1) is 14.8. The number of anilines is 1. The van der Waals surface area contributed by atoms with Crippen molar-refractivity contribution in [3.05, 3.63) is 47.8 Å². The van der Waals surface area contributed by atoms with Crippen molar-refractivity contribution in [2.24, 2.45) is 0 Å². The fourth-order valence-electron chi connectivity index (χ4n) is 2.85. The number of amides is 1. The van der Waals surface area contributed by atoms with E-state index in [4.69, 9.17) is 14.2 Å². The number of benzene rings is 2. The molecule has 2 aromatic rings. The molecule has 1 N–H and O–H groups in total. The van der Waals surface area contributed by atoms with Crippen molar-refractivity contribution in [2.75, 3.05) is 45.8 Å². The highest BCUT2D eigenvalue weighted by atomic mass is 32.2. The average Bonchev–Trinajstić information content (AvgIpc) is 2.75. The molecule has 0 heterocycles. The van der Waals surface area contributed by atoms with Gasteiger partial charge in [-0.1, -0.05) is 13.8 Å². The molecule has 0 bridgehead atoms. The Bertz CT molecular complexity index is 1010. The van der Waals surface area contributed by atoms with E-state index in [2.05, 4.69) is 5.32 Å². The quantitative estimate of drug-likeness (QED) is 0.524. The smallest absolute Gasteiger partial charge is 0.255 e. The number of ether oxygens (including phenoxy) is 3. The average molecular weight is 455 g/mol. The summed E-state index contributed by atoms with van der Waals surface area (Å²) in [4.78, 5) is 12.2. The summed E-state index contributed by atoms with van der Waals surface area (Å²) in [5, 5.41) is 2.66. The van der Waals surface area contributed by atoms with Gasteiger partial charge in [-0.05, 0) is 30.3 Å². The number of rotatable bonds is 11. The molecule has 0 spiro atoms. The summed E-state index contributed by atoms with van der Waals surface area (Å²) in [5.74, 6) is -0.629. The molecule has 170 valence electrons. The van der Waals surface area contributed by atoms with Crippen molar-refractivity contribution in [3.63, 3.8) is 0 Å². The van der Waals surface area contributed by atoms with Crippen LogP contribution in [0.3, 0.4) is 0 Å². The first kappa shape index (κ1) is 24.6. The van der Waals surface area contributed by atoms with Crippen LogP contribution in [0.15, 0.2) is 41.3 Å². The molecule has 0 aliphatic heterocycles. The number of methoxy groups -OCH3 is 2. The van der Waals surface area contributed by atoms with E-state index in [9.17, 15) is 17.6 Å². The summed E-state index contributed by atoms with van der Waals surface area (Å²) in [7, 11) is -1.02. The summed E-state index contributed by atoms with van der Waals surface area (Å²) >= 11 is 0. The molecule has 10 heteroatoms. The van der Waals surface area contributed by atoms with Gasteiger partial charge in [-0.2, -0.15) is 4.31 Å². The Balaban J connectivity index is 2.29. The minimum absolute atomic E-state index is 0.00444. The van der Waals surface area contributed by atoms with Gasteiger partial charge in [0, 0.05) is 37.5 Å². The predicted molar refractivity (Wildman–Crippen MR) is 115 cm³/mol. The van der Waals surface area contributed by atoms with Gasteiger partial charge >= 0.3 is 0 Å². The number of carbonyl (C=O) groups excluding carboxylic acids is 1. The van der Waals surface area contributed by atoms with Crippen LogP contribution in [0.1, 0.15) is 24.2 Å². The first-order valence-electron chi connectivity index (χ1n) is 9.69. The maximum absolute atomic E-state index is 14.3. The largest absolute Gasteiger partial charge is 0.493 e. The standard InChI is InChI=1S/C21H27FN2O6S/c1-5-24(6-2)31(26,27)20-13-15(7-9-17(20)22)21(25)23-16-8-10-18(29-4)19(14-16)30-12-11-28-3/h7-10,13-14H,5-6,11-12H2,1-4H3,(H,23,25). The van der Waals surface area contributed by atoms with E-state index in [0.29, 0.717) is 23.8 Å². The zero-order valence-electron chi connectivity index (χ0n) is 18.0. The molecule has 0 aliphatic carbocycles. The molecule has 0 aromatic heterocycles. The second kappa shape index (κ2) is 11.1. The maximum Gasteiger partial charge on any atom is 0.255 e. The topological polar surface area (TPSA) is 94.2 Å². The Morgan fingerprint density at radius 3 is 2.35 bits per heavy atom. The molecule has 0 fully saturated rings. The van der Waals surface area contributed by atoms with Gasteiger partial charge in [0.15, 0.2) is 11.5 Å². The number of hydrogen-bond donors (Lipinski definition) is 1. The fraction of sp³-hybridized carbons (Fsp3) is 0.381. The molecule has 0 saturated heterocycles. The molecule has 0 unspecified atom stereocenters. The molecular weight excluding hydrogens is 427 g/mol. The molecular formula is C21H27FN2O6S. The number of nitrogens with zero attached hydrogens (tertiary/aromatic N) is 1. The van der Waals surface area contributed by atoms with E-state index in [1.54, 1.807) is 39.2 Å². The van der Waals surface area contributed by atoms with Gasteiger partial charge in [0.05, 0.1) is 13.7 Å². The fourth-order valence-corrected chi connectivity index (χ4v) is 4.40. The van der Waals surface area contributed by atoms with Crippen molar-refractivity contribution >= 4 is 21.6 Å². The number of nitrogens with one attached hydrogen (secondary N) is 1. The Labute approximate surface area is 182 Å². The summed E-state index contributed by atoms with van der Waals surface area (Å²) in [6.45, 7) is 4.35. The third kappa shape index (κ3) is 5.93. The summed E-state index contributed by atoms with van der Waals surface area (Å²) in [5.41, 5.74) is 0.403. The van der Waals surface area contributed by atoms with Crippen LogP contribution >= 0.6 is 0 Å². The van der Waals surface area contributed by atoms with Gasteiger partial charge in [0.2, 0.25) is 10.0 Å². The van der Waals surface area contributed by atoms with Crippen LogP contribution < -0.4 is 14.8 Å². The minimum atomic E-state index is -4.06. The van der Waals surface area contributed by atoms with Gasteiger partial charge in [0.25, 0.3) is 5.91 Å². The van der Waals surface area contributed by atoms with Crippen molar-refractivity contribution in [3.8, 4) is 11.5 Å². The first-order valence-corrected chi connectivity index (χ1v) is 11.1. The number of halogens is 1. The van der Waals surface area contributed by atoms with Gasteiger partial charge in [0.1, 0.15) is 17.3 Å². The predicted octanol–water partition coefficient (Wildman–Crippen LogP) is 3.14. The van der Waals surface area contributed by atoms with Crippen molar-refractivity contribution in [2.45, 2.75) is 18.7 Å². The third-order valence-corrected chi connectivity index (χ3v) is 6.55. The van der Waals surface area contributed by atoms with E-state index >= 15 is 0 Å². The normalized spacial score (nSPS) is 11.4. The highest BCUT2D eigenvalue weighted by Gasteiger charge is 2.26. The van der Waals surface area contributed by atoms with Crippen LogP contribution in [-0.4, -0.2) is 59.2 Å². The Kier molecular flexibility index (Phi) is 8.78. The molecule has 8 nitrogen and oxygen atoms in total. The zero-order valence-corrected chi connectivity index (χ0v) is 18.8. The Morgan fingerprint density at radius 1 is 1.03 bits per heavy atom. The van der Waals surface area contributed by atoms with E-state index in [0.717, 1.165) is 16.4 Å². The second-order valence-corrected chi connectivity index (χ2v) is 8.30. The number of sulfonamides is 1. The monoisotopic (exact) mass is 454 g/mol.